The lowest BCUT2D eigenvalue weighted by Crippen LogP contribution is -2.17. The lowest BCUT2D eigenvalue weighted by molar-refractivity contribution is -0.432. The van der Waals surface area contributed by atoms with Gasteiger partial charge < -0.3 is 20.7 Å². The van der Waals surface area contributed by atoms with E-state index in [0.29, 0.717) is 33.2 Å². The molecule has 5 rings (SSSR count). The molecular formula is C33H34N10O13S4. The van der Waals surface area contributed by atoms with Crippen molar-refractivity contribution in [1.29, 1.82) is 0 Å². The summed E-state index contributed by atoms with van der Waals surface area (Å²) in [7, 11) is -13.0. The molecule has 4 aromatic carbocycles. The molecule has 1 heterocycles. The average molecular weight is 907 g/mol. The summed E-state index contributed by atoms with van der Waals surface area (Å²) in [5, 5.41) is 37.4. The summed E-state index contributed by atoms with van der Waals surface area (Å²) in [6.07, 6.45) is -0.0728. The number of nitrogens with zero attached hydrogens (tertiary/aromatic N) is 7. The van der Waals surface area contributed by atoms with Crippen molar-refractivity contribution in [3.63, 3.8) is 0 Å². The summed E-state index contributed by atoms with van der Waals surface area (Å²) < 4.78 is 106. The Bertz CT molecular complexity index is 2710. The van der Waals surface area contributed by atoms with Crippen LogP contribution in [0.2, 0.25) is 0 Å². The predicted molar refractivity (Wildman–Crippen MR) is 217 cm³/mol. The second kappa shape index (κ2) is 20.5. The Kier molecular flexibility index (Phi) is 15.5. The van der Waals surface area contributed by atoms with Crippen molar-refractivity contribution in [3.8, 4) is 5.75 Å². The number of aryl methyl sites for hydroxylation is 1. The van der Waals surface area contributed by atoms with E-state index in [1.54, 1.807) is 61.5 Å². The lowest BCUT2D eigenvalue weighted by atomic mass is 10.2. The minimum Gasteiger partial charge on any atom is -0.491 e. The number of ether oxygens (including phenoxy) is 1. The van der Waals surface area contributed by atoms with Crippen LogP contribution in [0.3, 0.4) is 0 Å². The van der Waals surface area contributed by atoms with Gasteiger partial charge in [0.15, 0.2) is 0 Å². The molecule has 0 bridgehead atoms. The average Bonchev–Trinajstić information content (AvgIpc) is 3.17. The van der Waals surface area contributed by atoms with Crippen LogP contribution in [0.4, 0.5) is 52.0 Å². The third-order valence-corrected chi connectivity index (χ3v) is 10.3. The number of nitrogens with one attached hydrogen (secondary N) is 3. The van der Waals surface area contributed by atoms with E-state index in [-0.39, 0.29) is 59.4 Å². The second-order valence-corrected chi connectivity index (χ2v) is 17.4. The number of benzene rings is 4. The van der Waals surface area contributed by atoms with Gasteiger partial charge in [-0.1, -0.05) is 17.2 Å². The van der Waals surface area contributed by atoms with Crippen molar-refractivity contribution >= 4 is 94.4 Å². The van der Waals surface area contributed by atoms with Gasteiger partial charge in [0.25, 0.3) is 30.4 Å². The fourth-order valence-corrected chi connectivity index (χ4v) is 6.53. The van der Waals surface area contributed by atoms with Gasteiger partial charge in [0.05, 0.1) is 63.5 Å². The van der Waals surface area contributed by atoms with Crippen LogP contribution < -0.4 is 20.7 Å². The van der Waals surface area contributed by atoms with Gasteiger partial charge in [-0.05, 0) is 85.6 Å². The molecule has 0 atom stereocenters. The molecule has 0 aliphatic rings. The van der Waals surface area contributed by atoms with E-state index < -0.39 is 41.9 Å². The Morgan fingerprint density at radius 1 is 0.700 bits per heavy atom. The van der Waals surface area contributed by atoms with E-state index in [2.05, 4.69) is 60.7 Å². The number of hydrogen-bond donors (Lipinski definition) is 7. The molecular weight excluding hydrogens is 873 g/mol. The van der Waals surface area contributed by atoms with Crippen molar-refractivity contribution < 1.29 is 58.3 Å². The Balaban J connectivity index is 1.41. The number of anilines is 5. The highest BCUT2D eigenvalue weighted by Crippen LogP contribution is 2.34. The highest BCUT2D eigenvalue weighted by atomic mass is 32.2. The molecule has 0 amide bonds. The van der Waals surface area contributed by atoms with Crippen LogP contribution in [-0.4, -0.2) is 83.8 Å². The maximum atomic E-state index is 11.5. The molecule has 60 heavy (non-hydrogen) atoms. The molecule has 0 saturated carbocycles. The summed E-state index contributed by atoms with van der Waals surface area (Å²) in [6.45, 7) is 1.30. The first kappa shape index (κ1) is 45.3. The van der Waals surface area contributed by atoms with Crippen molar-refractivity contribution in [2.45, 2.75) is 23.1 Å². The predicted octanol–water partition coefficient (Wildman–Crippen LogP) is 7.13. The minimum atomic E-state index is -4.44. The number of rotatable bonds is 21. The van der Waals surface area contributed by atoms with Crippen LogP contribution in [-0.2, 0) is 39.7 Å². The smallest absolute Gasteiger partial charge is 0.294 e. The summed E-state index contributed by atoms with van der Waals surface area (Å²) in [6, 6.07) is 21.4. The van der Waals surface area contributed by atoms with Gasteiger partial charge in [0.1, 0.15) is 5.75 Å². The molecule has 0 spiro atoms. The molecule has 27 heteroatoms. The summed E-state index contributed by atoms with van der Waals surface area (Å²) in [4.78, 5) is 13.2. The normalized spacial score (nSPS) is 12.2. The molecule has 0 aliphatic carbocycles. The van der Waals surface area contributed by atoms with Crippen molar-refractivity contribution in [2.24, 2.45) is 20.5 Å². The topological polar surface area (TPSA) is 335 Å². The van der Waals surface area contributed by atoms with Crippen LogP contribution in [0, 0.1) is 6.92 Å². The van der Waals surface area contributed by atoms with E-state index in [4.69, 9.17) is 9.99 Å². The van der Waals surface area contributed by atoms with Crippen molar-refractivity contribution in [1.82, 2.24) is 15.0 Å². The SMILES string of the molecule is Cc1cc(Nc2nc(NCCS(=O)(=O)O)nc(Nc3ccc(N=Nc4cccc(SOOO)c4)cc3OCCCS(=O)(=O)O)n2)ccc1N=Nc1cccc(S(=O)(=O)O)c1. The van der Waals surface area contributed by atoms with Gasteiger partial charge >= 0.3 is 0 Å². The van der Waals surface area contributed by atoms with Crippen LogP contribution in [0.1, 0.15) is 12.0 Å². The fraction of sp³-hybridized carbons (Fsp3) is 0.182. The lowest BCUT2D eigenvalue weighted by Gasteiger charge is -2.15. The summed E-state index contributed by atoms with van der Waals surface area (Å²) >= 11 is 0.731. The van der Waals surface area contributed by atoms with E-state index in [1.165, 1.54) is 24.3 Å². The Morgan fingerprint density at radius 3 is 2.03 bits per heavy atom. The third-order valence-electron chi connectivity index (χ3n) is 7.40. The zero-order valence-electron chi connectivity index (χ0n) is 30.8. The Hall–Kier alpha value is -5.75. The Labute approximate surface area is 346 Å². The molecule has 0 fully saturated rings. The first-order valence-corrected chi connectivity index (χ1v) is 22.3. The van der Waals surface area contributed by atoms with E-state index >= 15 is 0 Å². The molecule has 1 aromatic heterocycles. The highest BCUT2D eigenvalue weighted by molar-refractivity contribution is 7.94. The van der Waals surface area contributed by atoms with Gasteiger partial charge in [-0.3, -0.25) is 13.7 Å². The maximum absolute atomic E-state index is 11.5. The standard InChI is InChI=1S/C33H34N10O13S4/c1-21-17-22(9-11-28(21)43-42-24-6-3-8-27(19-24)60(51,52)53)35-32-37-31(34-13-16-59(48,49)50)38-33(39-32)36-29-12-10-25(20-30(29)54-14-4-15-58(45,46)47)41-40-23-5-2-7-26(18-23)57-56-55-44/h2-3,5-12,17-20,44H,4,13-16H2,1H3,(H,45,46,47)(H,48,49,50)(H,51,52,53)(H3,34,35,36,37,38,39). The molecule has 0 aliphatic heterocycles. The van der Waals surface area contributed by atoms with Gasteiger partial charge in [0.2, 0.25) is 17.8 Å². The quantitative estimate of drug-likeness (QED) is 0.00961. The molecule has 318 valence electrons. The molecule has 0 radical (unpaired) electrons. The second-order valence-electron chi connectivity index (χ2n) is 12.0. The molecule has 0 saturated heterocycles. The van der Waals surface area contributed by atoms with Gasteiger partial charge in [0, 0.05) is 23.2 Å². The van der Waals surface area contributed by atoms with Gasteiger partial charge in [-0.15, -0.1) is 4.33 Å². The van der Waals surface area contributed by atoms with Crippen molar-refractivity contribution in [2.75, 3.05) is 40.6 Å². The van der Waals surface area contributed by atoms with E-state index in [9.17, 15) is 38.9 Å². The number of azo groups is 2. The largest absolute Gasteiger partial charge is 0.491 e. The maximum Gasteiger partial charge on any atom is 0.294 e. The van der Waals surface area contributed by atoms with Gasteiger partial charge in [-0.25, -0.2) is 5.26 Å². The minimum absolute atomic E-state index is 0.0324. The van der Waals surface area contributed by atoms with Crippen LogP contribution >= 0.6 is 12.0 Å². The van der Waals surface area contributed by atoms with E-state index in [0.717, 1.165) is 18.1 Å². The number of hydrogen-bond acceptors (Lipinski definition) is 21. The van der Waals surface area contributed by atoms with Crippen LogP contribution in [0.25, 0.3) is 0 Å². The molecule has 7 N–H and O–H groups in total. The van der Waals surface area contributed by atoms with Crippen LogP contribution in [0.15, 0.2) is 115 Å². The molecule has 5 aromatic rings. The Morgan fingerprint density at radius 2 is 1.35 bits per heavy atom. The first-order chi connectivity index (χ1) is 28.4. The highest BCUT2D eigenvalue weighted by Gasteiger charge is 2.15. The summed E-state index contributed by atoms with van der Waals surface area (Å²) in [5.74, 6) is -1.31. The van der Waals surface area contributed by atoms with Gasteiger partial charge in [-0.2, -0.15) is 60.7 Å². The molecule has 0 unspecified atom stereocenters. The zero-order chi connectivity index (χ0) is 43.3. The van der Waals surface area contributed by atoms with Crippen LogP contribution in [0.5, 0.6) is 5.75 Å². The number of aromatic nitrogens is 3. The summed E-state index contributed by atoms with van der Waals surface area (Å²) in [5.41, 5.74) is 2.67. The first-order valence-electron chi connectivity index (χ1n) is 16.9. The van der Waals surface area contributed by atoms with E-state index in [1.807, 2.05) is 0 Å². The zero-order valence-corrected chi connectivity index (χ0v) is 34.1. The monoisotopic (exact) mass is 906 g/mol. The fourth-order valence-electron chi connectivity index (χ4n) is 4.76. The van der Waals surface area contributed by atoms with Crippen molar-refractivity contribution in [3.05, 3.63) is 90.5 Å². The third kappa shape index (κ3) is 15.1. The molecule has 23 nitrogen and oxygen atoms in total.